The Morgan fingerprint density at radius 1 is 1.43 bits per heavy atom. The van der Waals surface area contributed by atoms with Crippen molar-refractivity contribution in [2.24, 2.45) is 5.92 Å². The average Bonchev–Trinajstić information content (AvgIpc) is 2.89. The van der Waals surface area contributed by atoms with Gasteiger partial charge in [0.1, 0.15) is 0 Å². The molecule has 114 valence electrons. The molecule has 1 atom stereocenters. The largest absolute Gasteiger partial charge is 0.478 e. The van der Waals surface area contributed by atoms with E-state index >= 15 is 0 Å². The molecule has 1 aliphatic rings. The van der Waals surface area contributed by atoms with Gasteiger partial charge in [0.25, 0.3) is 0 Å². The molecule has 0 bridgehead atoms. The van der Waals surface area contributed by atoms with E-state index in [0.717, 1.165) is 6.42 Å². The molecule has 21 heavy (non-hydrogen) atoms. The summed E-state index contributed by atoms with van der Waals surface area (Å²) in [5, 5.41) is 20.7. The van der Waals surface area contributed by atoms with Gasteiger partial charge >= 0.3 is 12.0 Å². The number of nitrogens with one attached hydrogen (secondary N) is 1. The number of halogens is 1. The Morgan fingerprint density at radius 2 is 2.19 bits per heavy atom. The summed E-state index contributed by atoms with van der Waals surface area (Å²) in [6, 6.07) is 4.39. The van der Waals surface area contributed by atoms with Crippen LogP contribution in [-0.2, 0) is 0 Å². The maximum Gasteiger partial charge on any atom is 0.337 e. The highest BCUT2D eigenvalue weighted by atomic mass is 79.9. The van der Waals surface area contributed by atoms with Gasteiger partial charge in [-0.15, -0.1) is 0 Å². The summed E-state index contributed by atoms with van der Waals surface area (Å²) in [6.07, 6.45) is 1.54. The molecule has 0 saturated carbocycles. The van der Waals surface area contributed by atoms with Crippen LogP contribution < -0.4 is 5.32 Å². The topological polar surface area (TPSA) is 89.9 Å². The van der Waals surface area contributed by atoms with Crippen LogP contribution >= 0.6 is 15.9 Å². The van der Waals surface area contributed by atoms with Gasteiger partial charge in [-0.25, -0.2) is 9.59 Å². The summed E-state index contributed by atoms with van der Waals surface area (Å²) < 4.78 is 0.641. The average molecular weight is 357 g/mol. The van der Waals surface area contributed by atoms with Crippen LogP contribution in [0.3, 0.4) is 0 Å². The number of carbonyl (C=O) groups is 2. The Labute approximate surface area is 130 Å². The second kappa shape index (κ2) is 6.91. The smallest absolute Gasteiger partial charge is 0.337 e. The van der Waals surface area contributed by atoms with Crippen LogP contribution in [0.15, 0.2) is 22.7 Å². The molecule has 1 aromatic rings. The van der Waals surface area contributed by atoms with Gasteiger partial charge in [0, 0.05) is 24.2 Å². The van der Waals surface area contributed by atoms with Crippen LogP contribution in [0.4, 0.5) is 10.5 Å². The molecule has 2 rings (SSSR count). The van der Waals surface area contributed by atoms with Gasteiger partial charge in [-0.1, -0.05) is 15.9 Å². The highest BCUT2D eigenvalue weighted by Crippen LogP contribution is 2.23. The van der Waals surface area contributed by atoms with Crippen LogP contribution in [0.25, 0.3) is 0 Å². The molecule has 0 radical (unpaired) electrons. The van der Waals surface area contributed by atoms with Gasteiger partial charge < -0.3 is 20.4 Å². The lowest BCUT2D eigenvalue weighted by Crippen LogP contribution is -2.33. The zero-order chi connectivity index (χ0) is 15.4. The summed E-state index contributed by atoms with van der Waals surface area (Å²) in [5.74, 6) is -0.782. The standard InChI is InChI=1S/C14H17BrN2O4/c15-10-1-2-12(11(7-10)13(19)20)16-14(21)17-5-3-9(8-17)4-6-18/h1-2,7,9,18H,3-6,8H2,(H,16,21)(H,19,20). The minimum atomic E-state index is -1.09. The number of carboxylic acids is 1. The predicted octanol–water partition coefficient (Wildman–Crippen LogP) is 2.38. The molecule has 3 N–H and O–H groups in total. The van der Waals surface area contributed by atoms with Crippen molar-refractivity contribution in [2.45, 2.75) is 12.8 Å². The summed E-state index contributed by atoms with van der Waals surface area (Å²) in [4.78, 5) is 25.0. The number of anilines is 1. The number of likely N-dealkylation sites (tertiary alicyclic amines) is 1. The zero-order valence-electron chi connectivity index (χ0n) is 11.4. The first-order chi connectivity index (χ1) is 10.0. The number of carbonyl (C=O) groups excluding carboxylic acids is 1. The molecule has 1 aliphatic heterocycles. The number of nitrogens with zero attached hydrogens (tertiary/aromatic N) is 1. The first kappa shape index (κ1) is 15.8. The Bertz CT molecular complexity index is 550. The minimum absolute atomic E-state index is 0.0452. The van der Waals surface area contributed by atoms with E-state index in [1.54, 1.807) is 17.0 Å². The number of benzene rings is 1. The van der Waals surface area contributed by atoms with Crippen molar-refractivity contribution in [1.82, 2.24) is 4.90 Å². The van der Waals surface area contributed by atoms with Gasteiger partial charge in [-0.3, -0.25) is 0 Å². The number of rotatable bonds is 4. The van der Waals surface area contributed by atoms with E-state index in [0.29, 0.717) is 29.9 Å². The number of urea groups is 1. The number of aliphatic hydroxyl groups is 1. The van der Waals surface area contributed by atoms with Gasteiger partial charge in [0.15, 0.2) is 0 Å². The SMILES string of the molecule is O=C(O)c1cc(Br)ccc1NC(=O)N1CCC(CCO)C1. The van der Waals surface area contributed by atoms with Crippen LogP contribution in [0.2, 0.25) is 0 Å². The fourth-order valence-electron chi connectivity index (χ4n) is 2.43. The van der Waals surface area contributed by atoms with Crippen LogP contribution in [0, 0.1) is 5.92 Å². The summed E-state index contributed by atoms with van der Waals surface area (Å²) in [6.45, 7) is 1.33. The van der Waals surface area contributed by atoms with Crippen molar-refractivity contribution in [3.63, 3.8) is 0 Å². The van der Waals surface area contributed by atoms with E-state index in [-0.39, 0.29) is 23.9 Å². The molecule has 1 unspecified atom stereocenters. The summed E-state index contributed by atoms with van der Waals surface area (Å²) in [7, 11) is 0. The van der Waals surface area contributed by atoms with E-state index < -0.39 is 5.97 Å². The number of aromatic carboxylic acids is 1. The number of carboxylic acid groups (broad SMARTS) is 1. The van der Waals surface area contributed by atoms with E-state index in [4.69, 9.17) is 10.2 Å². The van der Waals surface area contributed by atoms with Crippen molar-refractivity contribution in [3.05, 3.63) is 28.2 Å². The quantitative estimate of drug-likeness (QED) is 0.772. The second-order valence-corrected chi connectivity index (χ2v) is 5.95. The molecular formula is C14H17BrN2O4. The Morgan fingerprint density at radius 3 is 2.86 bits per heavy atom. The lowest BCUT2D eigenvalue weighted by Gasteiger charge is -2.18. The highest BCUT2D eigenvalue weighted by Gasteiger charge is 2.26. The first-order valence-corrected chi connectivity index (χ1v) is 7.50. The Kier molecular flexibility index (Phi) is 5.19. The van der Waals surface area contributed by atoms with Crippen LogP contribution in [0.1, 0.15) is 23.2 Å². The number of aliphatic hydroxyl groups excluding tert-OH is 1. The monoisotopic (exact) mass is 356 g/mol. The molecule has 1 saturated heterocycles. The number of amides is 2. The number of hydrogen-bond acceptors (Lipinski definition) is 3. The molecular weight excluding hydrogens is 340 g/mol. The van der Waals surface area contributed by atoms with E-state index in [1.165, 1.54) is 6.07 Å². The fourth-order valence-corrected chi connectivity index (χ4v) is 2.79. The summed E-state index contributed by atoms with van der Waals surface area (Å²) in [5.41, 5.74) is 0.324. The molecule has 1 heterocycles. The van der Waals surface area contributed by atoms with Crippen molar-refractivity contribution in [1.29, 1.82) is 0 Å². The summed E-state index contributed by atoms with van der Waals surface area (Å²) >= 11 is 3.21. The molecule has 0 spiro atoms. The third-order valence-corrected chi connectivity index (χ3v) is 4.06. The van der Waals surface area contributed by atoms with Crippen LogP contribution in [-0.4, -0.2) is 46.8 Å². The third-order valence-electron chi connectivity index (χ3n) is 3.56. The van der Waals surface area contributed by atoms with Crippen molar-refractivity contribution in [3.8, 4) is 0 Å². The van der Waals surface area contributed by atoms with Gasteiger partial charge in [0.05, 0.1) is 11.3 Å². The van der Waals surface area contributed by atoms with E-state index in [1.807, 2.05) is 0 Å². The molecule has 2 amide bonds. The maximum atomic E-state index is 12.2. The molecule has 1 fully saturated rings. The zero-order valence-corrected chi connectivity index (χ0v) is 13.0. The Balaban J connectivity index is 2.05. The molecule has 0 aromatic heterocycles. The second-order valence-electron chi connectivity index (χ2n) is 5.04. The highest BCUT2D eigenvalue weighted by molar-refractivity contribution is 9.10. The first-order valence-electron chi connectivity index (χ1n) is 6.71. The Hall–Kier alpha value is -1.60. The van der Waals surface area contributed by atoms with Crippen molar-refractivity contribution < 1.29 is 19.8 Å². The van der Waals surface area contributed by atoms with Gasteiger partial charge in [-0.05, 0) is 37.0 Å². The fraction of sp³-hybridized carbons (Fsp3) is 0.429. The van der Waals surface area contributed by atoms with Crippen molar-refractivity contribution >= 4 is 33.6 Å². The number of hydrogen-bond donors (Lipinski definition) is 3. The normalized spacial score (nSPS) is 17.8. The molecule has 0 aliphatic carbocycles. The third kappa shape index (κ3) is 3.95. The van der Waals surface area contributed by atoms with E-state index in [9.17, 15) is 9.59 Å². The molecule has 7 heteroatoms. The maximum absolute atomic E-state index is 12.2. The lowest BCUT2D eigenvalue weighted by molar-refractivity contribution is 0.0698. The minimum Gasteiger partial charge on any atom is -0.478 e. The predicted molar refractivity (Wildman–Crippen MR) is 81.5 cm³/mol. The molecule has 1 aromatic carbocycles. The van der Waals surface area contributed by atoms with Crippen LogP contribution in [0.5, 0.6) is 0 Å². The van der Waals surface area contributed by atoms with E-state index in [2.05, 4.69) is 21.2 Å². The lowest BCUT2D eigenvalue weighted by atomic mass is 10.1. The van der Waals surface area contributed by atoms with Gasteiger partial charge in [-0.2, -0.15) is 0 Å². The van der Waals surface area contributed by atoms with Gasteiger partial charge in [0.2, 0.25) is 0 Å². The van der Waals surface area contributed by atoms with Crippen molar-refractivity contribution in [2.75, 3.05) is 25.0 Å². The molecule has 6 nitrogen and oxygen atoms in total.